The van der Waals surface area contributed by atoms with Crippen molar-refractivity contribution >= 4 is 50.7 Å². The van der Waals surface area contributed by atoms with Gasteiger partial charge >= 0.3 is 0 Å². The largest absolute Gasteiger partial charge is 0.279 e. The molecule has 0 spiro atoms. The Morgan fingerprint density at radius 3 is 2.35 bits per heavy atom. The third kappa shape index (κ3) is 3.93. The second-order valence-corrected chi connectivity index (χ2v) is 8.08. The van der Waals surface area contributed by atoms with E-state index in [9.17, 15) is 8.42 Å². The topological polar surface area (TPSA) is 70.0 Å². The number of rotatable bonds is 4. The molecule has 2 aromatic carbocycles. The van der Waals surface area contributed by atoms with Crippen LogP contribution >= 0.6 is 35.0 Å². The predicted octanol–water partition coefficient (Wildman–Crippen LogP) is 4.98. The molecule has 120 valence electrons. The molecule has 4 nitrogen and oxygen atoms in total. The van der Waals surface area contributed by atoms with Crippen LogP contribution in [0.4, 0.5) is 5.69 Å². The molecule has 0 atom stereocenters. The number of nitrogens with one attached hydrogen (secondary N) is 1. The van der Waals surface area contributed by atoms with Gasteiger partial charge in [0.1, 0.15) is 10.3 Å². The lowest BCUT2D eigenvalue weighted by molar-refractivity contribution is 0.601. The molecule has 0 aliphatic heterocycles. The summed E-state index contributed by atoms with van der Waals surface area (Å²) in [7, 11) is -3.87. The number of sulfonamides is 1. The van der Waals surface area contributed by atoms with Crippen molar-refractivity contribution in [3.05, 3.63) is 51.5 Å². The SMILES string of the molecule is Cc1cc(SC#N)cc(C)c1NS(=O)(=O)c1cccc(Cl)c1Cl. The summed E-state index contributed by atoms with van der Waals surface area (Å²) in [4.78, 5) is 0.673. The average Bonchev–Trinajstić information content (AvgIpc) is 2.46. The van der Waals surface area contributed by atoms with Crippen molar-refractivity contribution in [3.63, 3.8) is 0 Å². The Morgan fingerprint density at radius 2 is 1.78 bits per heavy atom. The highest BCUT2D eigenvalue weighted by Gasteiger charge is 2.21. The molecule has 0 bridgehead atoms. The summed E-state index contributed by atoms with van der Waals surface area (Å²) in [6, 6.07) is 7.93. The third-order valence-corrected chi connectivity index (χ3v) is 6.00. The number of anilines is 1. The predicted molar refractivity (Wildman–Crippen MR) is 94.7 cm³/mol. The first-order valence-corrected chi connectivity index (χ1v) is 9.46. The smallest absolute Gasteiger partial charge is 0.263 e. The zero-order chi connectivity index (χ0) is 17.2. The highest BCUT2D eigenvalue weighted by molar-refractivity contribution is 8.03. The van der Waals surface area contributed by atoms with Gasteiger partial charge in [0.25, 0.3) is 10.0 Å². The second-order valence-electron chi connectivity index (χ2n) is 4.78. The minimum absolute atomic E-state index is 0.0198. The first-order valence-electron chi connectivity index (χ1n) is 6.40. The Hall–Kier alpha value is -1.39. The number of nitriles is 1. The van der Waals surface area contributed by atoms with Crippen LogP contribution in [0.5, 0.6) is 0 Å². The lowest BCUT2D eigenvalue weighted by Gasteiger charge is -2.15. The molecule has 0 saturated carbocycles. The summed E-state index contributed by atoms with van der Waals surface area (Å²) >= 11 is 12.9. The molecule has 8 heteroatoms. The lowest BCUT2D eigenvalue weighted by Crippen LogP contribution is -2.15. The van der Waals surface area contributed by atoms with Gasteiger partial charge in [-0.25, -0.2) is 8.42 Å². The molecule has 0 radical (unpaired) electrons. The molecule has 2 rings (SSSR count). The number of halogens is 2. The van der Waals surface area contributed by atoms with Crippen LogP contribution in [-0.2, 0) is 10.0 Å². The van der Waals surface area contributed by atoms with Crippen LogP contribution in [0.2, 0.25) is 10.0 Å². The van der Waals surface area contributed by atoms with Gasteiger partial charge in [-0.1, -0.05) is 29.3 Å². The third-order valence-electron chi connectivity index (χ3n) is 3.11. The summed E-state index contributed by atoms with van der Waals surface area (Å²) in [5.41, 5.74) is 1.89. The molecule has 0 aromatic heterocycles. The van der Waals surface area contributed by atoms with Gasteiger partial charge in [0.2, 0.25) is 0 Å². The molecule has 0 fully saturated rings. The summed E-state index contributed by atoms with van der Waals surface area (Å²) in [6.07, 6.45) is 0. The molecule has 0 heterocycles. The number of nitrogens with zero attached hydrogens (tertiary/aromatic N) is 1. The minimum Gasteiger partial charge on any atom is -0.279 e. The minimum atomic E-state index is -3.87. The van der Waals surface area contributed by atoms with Crippen LogP contribution in [0.25, 0.3) is 0 Å². The molecule has 23 heavy (non-hydrogen) atoms. The zero-order valence-electron chi connectivity index (χ0n) is 12.2. The quantitative estimate of drug-likeness (QED) is 0.593. The maximum absolute atomic E-state index is 12.6. The van der Waals surface area contributed by atoms with Crippen LogP contribution < -0.4 is 4.72 Å². The van der Waals surface area contributed by atoms with Crippen molar-refractivity contribution in [1.29, 1.82) is 5.26 Å². The monoisotopic (exact) mass is 386 g/mol. The fourth-order valence-electron chi connectivity index (χ4n) is 2.08. The fraction of sp³-hybridized carbons (Fsp3) is 0.133. The van der Waals surface area contributed by atoms with E-state index in [0.717, 1.165) is 16.7 Å². The first-order chi connectivity index (χ1) is 10.8. The van der Waals surface area contributed by atoms with Gasteiger partial charge in [0, 0.05) is 4.90 Å². The normalized spacial score (nSPS) is 11.1. The Bertz CT molecular complexity index is 883. The van der Waals surface area contributed by atoms with Crippen molar-refractivity contribution in [2.75, 3.05) is 4.72 Å². The van der Waals surface area contributed by atoms with Crippen molar-refractivity contribution in [1.82, 2.24) is 0 Å². The first kappa shape index (κ1) is 18.0. The van der Waals surface area contributed by atoms with Gasteiger partial charge in [0.05, 0.1) is 15.7 Å². The second kappa shape index (κ2) is 7.02. The van der Waals surface area contributed by atoms with Crippen LogP contribution in [0, 0.1) is 24.5 Å². The van der Waals surface area contributed by atoms with Crippen molar-refractivity contribution in [2.45, 2.75) is 23.6 Å². The molecule has 0 amide bonds. The van der Waals surface area contributed by atoms with Gasteiger partial charge < -0.3 is 0 Å². The van der Waals surface area contributed by atoms with E-state index in [1.807, 2.05) is 5.40 Å². The number of aryl methyl sites for hydroxylation is 2. The Kier molecular flexibility index (Phi) is 5.48. The molecule has 2 aromatic rings. The van der Waals surface area contributed by atoms with E-state index in [2.05, 4.69) is 4.72 Å². The van der Waals surface area contributed by atoms with E-state index < -0.39 is 10.0 Å². The lowest BCUT2D eigenvalue weighted by atomic mass is 10.1. The maximum Gasteiger partial charge on any atom is 0.263 e. The molecule has 0 aliphatic carbocycles. The van der Waals surface area contributed by atoms with Crippen molar-refractivity contribution < 1.29 is 8.42 Å². The summed E-state index contributed by atoms with van der Waals surface area (Å²) < 4.78 is 27.7. The summed E-state index contributed by atoms with van der Waals surface area (Å²) in [5, 5.41) is 10.9. The van der Waals surface area contributed by atoms with Crippen LogP contribution in [0.15, 0.2) is 40.1 Å². The molecule has 0 aliphatic rings. The van der Waals surface area contributed by atoms with Gasteiger partial charge in [-0.3, -0.25) is 4.72 Å². The van der Waals surface area contributed by atoms with Crippen molar-refractivity contribution in [3.8, 4) is 5.40 Å². The van der Waals surface area contributed by atoms with Crippen LogP contribution in [-0.4, -0.2) is 8.42 Å². The van der Waals surface area contributed by atoms with Crippen molar-refractivity contribution in [2.24, 2.45) is 0 Å². The van der Waals surface area contributed by atoms with Gasteiger partial charge in [-0.15, -0.1) is 0 Å². The molecular weight excluding hydrogens is 375 g/mol. The highest BCUT2D eigenvalue weighted by atomic mass is 35.5. The van der Waals surface area contributed by atoms with E-state index in [-0.39, 0.29) is 14.9 Å². The summed E-state index contributed by atoms with van der Waals surface area (Å²) in [6.45, 7) is 3.54. The highest BCUT2D eigenvalue weighted by Crippen LogP contribution is 2.33. The number of thioether (sulfide) groups is 1. The van der Waals surface area contributed by atoms with E-state index in [1.54, 1.807) is 26.0 Å². The van der Waals surface area contributed by atoms with E-state index >= 15 is 0 Å². The number of hydrogen-bond donors (Lipinski definition) is 1. The fourth-order valence-corrected chi connectivity index (χ4v) is 4.62. The molecule has 0 unspecified atom stereocenters. The standard InChI is InChI=1S/C15H12Cl2N2O2S2/c1-9-6-11(22-8-18)7-10(2)15(9)19-23(20,21)13-5-3-4-12(16)14(13)17/h3-7,19H,1-2H3. The van der Waals surface area contributed by atoms with E-state index in [4.69, 9.17) is 28.5 Å². The van der Waals surface area contributed by atoms with Gasteiger partial charge in [-0.05, 0) is 61.0 Å². The number of thiocyanates is 1. The van der Waals surface area contributed by atoms with Crippen LogP contribution in [0.3, 0.4) is 0 Å². The molecule has 1 N–H and O–H groups in total. The maximum atomic E-state index is 12.6. The van der Waals surface area contributed by atoms with Gasteiger partial charge in [-0.2, -0.15) is 5.26 Å². The Balaban J connectivity index is 2.46. The molecular formula is C15H12Cl2N2O2S2. The Labute approximate surface area is 149 Å². The van der Waals surface area contributed by atoms with E-state index in [0.29, 0.717) is 16.8 Å². The summed E-state index contributed by atoms with van der Waals surface area (Å²) in [5.74, 6) is 0. The van der Waals surface area contributed by atoms with E-state index in [1.165, 1.54) is 18.2 Å². The Morgan fingerprint density at radius 1 is 1.17 bits per heavy atom. The number of benzene rings is 2. The average molecular weight is 387 g/mol. The molecule has 0 saturated heterocycles. The van der Waals surface area contributed by atoms with Crippen LogP contribution in [0.1, 0.15) is 11.1 Å². The zero-order valence-corrected chi connectivity index (χ0v) is 15.4. The number of hydrogen-bond acceptors (Lipinski definition) is 4. The van der Waals surface area contributed by atoms with Gasteiger partial charge in [0.15, 0.2) is 0 Å².